The topological polar surface area (TPSA) is 29.1 Å². The molecule has 0 saturated carbocycles. The molecule has 1 atom stereocenters. The zero-order chi connectivity index (χ0) is 11.4. The van der Waals surface area contributed by atoms with Crippen molar-refractivity contribution in [2.75, 3.05) is 0 Å². The van der Waals surface area contributed by atoms with E-state index in [1.165, 1.54) is 0 Å². The molecule has 1 unspecified atom stereocenters. The van der Waals surface area contributed by atoms with Gasteiger partial charge in [0.05, 0.1) is 5.56 Å². The lowest BCUT2D eigenvalue weighted by Gasteiger charge is -2.12. The van der Waals surface area contributed by atoms with E-state index in [1.807, 2.05) is 13.8 Å². The van der Waals surface area contributed by atoms with Crippen molar-refractivity contribution in [3.63, 3.8) is 0 Å². The van der Waals surface area contributed by atoms with Crippen LogP contribution >= 0.6 is 27.5 Å². The van der Waals surface area contributed by atoms with Gasteiger partial charge < -0.3 is 5.32 Å². The van der Waals surface area contributed by atoms with Gasteiger partial charge in [-0.2, -0.15) is 0 Å². The van der Waals surface area contributed by atoms with Crippen LogP contribution in [0.2, 0.25) is 5.02 Å². The summed E-state index contributed by atoms with van der Waals surface area (Å²) in [6, 6.07) is 5.34. The zero-order valence-electron chi connectivity index (χ0n) is 8.68. The summed E-state index contributed by atoms with van der Waals surface area (Å²) in [6.07, 6.45) is 0.907. The number of nitrogens with one attached hydrogen (secondary N) is 1. The zero-order valence-corrected chi connectivity index (χ0v) is 11.0. The fourth-order valence-electron chi connectivity index (χ4n) is 1.08. The second-order valence-corrected chi connectivity index (χ2v) is 4.70. The Labute approximate surface area is 103 Å². The van der Waals surface area contributed by atoms with Crippen molar-refractivity contribution in [3.05, 3.63) is 33.3 Å². The Morgan fingerprint density at radius 2 is 2.27 bits per heavy atom. The first-order chi connectivity index (χ1) is 7.04. The van der Waals surface area contributed by atoms with Crippen LogP contribution in [0.5, 0.6) is 0 Å². The molecule has 0 spiro atoms. The highest BCUT2D eigenvalue weighted by Gasteiger charge is 2.12. The maximum Gasteiger partial charge on any atom is 0.252 e. The molecule has 1 aromatic carbocycles. The van der Waals surface area contributed by atoms with Crippen LogP contribution in [0, 0.1) is 0 Å². The van der Waals surface area contributed by atoms with Gasteiger partial charge in [-0.15, -0.1) is 0 Å². The average Bonchev–Trinajstić information content (AvgIpc) is 2.21. The number of carbonyl (C=O) groups excluding carboxylic acids is 1. The molecular formula is C11H13BrClNO. The Balaban J connectivity index is 2.86. The molecule has 1 aromatic rings. The molecule has 0 bridgehead atoms. The smallest absolute Gasteiger partial charge is 0.252 e. The highest BCUT2D eigenvalue weighted by Crippen LogP contribution is 2.21. The van der Waals surface area contributed by atoms with Crippen LogP contribution in [0.4, 0.5) is 0 Å². The van der Waals surface area contributed by atoms with Crippen LogP contribution < -0.4 is 5.32 Å². The summed E-state index contributed by atoms with van der Waals surface area (Å²) in [5.41, 5.74) is 0.572. The van der Waals surface area contributed by atoms with E-state index >= 15 is 0 Å². The molecule has 0 aliphatic rings. The number of benzene rings is 1. The highest BCUT2D eigenvalue weighted by atomic mass is 79.9. The lowest BCUT2D eigenvalue weighted by Crippen LogP contribution is -2.32. The Kier molecular flexibility index (Phi) is 4.61. The second-order valence-electron chi connectivity index (χ2n) is 3.41. The molecule has 0 aliphatic carbocycles. The molecule has 1 N–H and O–H groups in total. The minimum Gasteiger partial charge on any atom is -0.350 e. The van der Waals surface area contributed by atoms with Gasteiger partial charge in [-0.25, -0.2) is 0 Å². The van der Waals surface area contributed by atoms with Gasteiger partial charge in [0.15, 0.2) is 0 Å². The fourth-order valence-corrected chi connectivity index (χ4v) is 1.67. The van der Waals surface area contributed by atoms with Crippen molar-refractivity contribution >= 4 is 33.4 Å². The molecule has 0 fully saturated rings. The Morgan fingerprint density at radius 3 is 2.87 bits per heavy atom. The lowest BCUT2D eigenvalue weighted by atomic mass is 10.2. The Morgan fingerprint density at radius 1 is 1.60 bits per heavy atom. The van der Waals surface area contributed by atoms with Crippen molar-refractivity contribution in [3.8, 4) is 0 Å². The molecular weight excluding hydrogens is 277 g/mol. The largest absolute Gasteiger partial charge is 0.350 e. The van der Waals surface area contributed by atoms with Crippen LogP contribution in [0.15, 0.2) is 22.7 Å². The molecule has 4 heteroatoms. The number of carbonyl (C=O) groups is 1. The van der Waals surface area contributed by atoms with E-state index in [0.717, 1.165) is 10.9 Å². The van der Waals surface area contributed by atoms with E-state index < -0.39 is 0 Å². The normalized spacial score (nSPS) is 12.3. The maximum atomic E-state index is 11.8. The van der Waals surface area contributed by atoms with E-state index in [1.54, 1.807) is 18.2 Å². The SMILES string of the molecule is CCC(C)NC(=O)c1cc(Cl)ccc1Br. The summed E-state index contributed by atoms with van der Waals surface area (Å²) in [4.78, 5) is 11.8. The van der Waals surface area contributed by atoms with Crippen molar-refractivity contribution < 1.29 is 4.79 Å². The molecule has 1 amide bonds. The molecule has 0 aromatic heterocycles. The molecule has 0 saturated heterocycles. The summed E-state index contributed by atoms with van der Waals surface area (Å²) in [6.45, 7) is 3.99. The molecule has 0 aliphatic heterocycles. The number of hydrogen-bond donors (Lipinski definition) is 1. The minimum absolute atomic E-state index is 0.0984. The number of rotatable bonds is 3. The number of halogens is 2. The van der Waals surface area contributed by atoms with Crippen LogP contribution in [0.1, 0.15) is 30.6 Å². The van der Waals surface area contributed by atoms with Crippen molar-refractivity contribution in [1.82, 2.24) is 5.32 Å². The predicted molar refractivity (Wildman–Crippen MR) is 66.4 cm³/mol. The van der Waals surface area contributed by atoms with Gasteiger partial charge in [-0.3, -0.25) is 4.79 Å². The second kappa shape index (κ2) is 5.52. The van der Waals surface area contributed by atoms with Gasteiger partial charge in [0.25, 0.3) is 5.91 Å². The van der Waals surface area contributed by atoms with Gasteiger partial charge in [0.2, 0.25) is 0 Å². The van der Waals surface area contributed by atoms with Crippen molar-refractivity contribution in [1.29, 1.82) is 0 Å². The summed E-state index contributed by atoms with van der Waals surface area (Å²) in [5, 5.41) is 3.45. The standard InChI is InChI=1S/C11H13BrClNO/c1-3-7(2)14-11(15)9-6-8(13)4-5-10(9)12/h4-7H,3H2,1-2H3,(H,14,15). The van der Waals surface area contributed by atoms with Gasteiger partial charge >= 0.3 is 0 Å². The molecule has 0 radical (unpaired) electrons. The quantitative estimate of drug-likeness (QED) is 0.905. The van der Waals surface area contributed by atoms with E-state index in [2.05, 4.69) is 21.2 Å². The summed E-state index contributed by atoms with van der Waals surface area (Å²) in [7, 11) is 0. The van der Waals surface area contributed by atoms with Crippen LogP contribution in [-0.2, 0) is 0 Å². The first kappa shape index (κ1) is 12.5. The average molecular weight is 291 g/mol. The van der Waals surface area contributed by atoms with Crippen LogP contribution in [0.25, 0.3) is 0 Å². The monoisotopic (exact) mass is 289 g/mol. The molecule has 0 heterocycles. The third-order valence-electron chi connectivity index (χ3n) is 2.16. The third kappa shape index (κ3) is 3.50. The van der Waals surface area contributed by atoms with E-state index in [0.29, 0.717) is 10.6 Å². The highest BCUT2D eigenvalue weighted by molar-refractivity contribution is 9.10. The third-order valence-corrected chi connectivity index (χ3v) is 3.09. The number of amides is 1. The van der Waals surface area contributed by atoms with Crippen LogP contribution in [0.3, 0.4) is 0 Å². The minimum atomic E-state index is -0.0984. The van der Waals surface area contributed by atoms with Gasteiger partial charge in [0.1, 0.15) is 0 Å². The lowest BCUT2D eigenvalue weighted by molar-refractivity contribution is 0.0938. The van der Waals surface area contributed by atoms with Crippen molar-refractivity contribution in [2.24, 2.45) is 0 Å². The maximum absolute atomic E-state index is 11.8. The van der Waals surface area contributed by atoms with Crippen LogP contribution in [-0.4, -0.2) is 11.9 Å². The van der Waals surface area contributed by atoms with Gasteiger partial charge in [0, 0.05) is 15.5 Å². The van der Waals surface area contributed by atoms with E-state index in [9.17, 15) is 4.79 Å². The Bertz CT molecular complexity index is 368. The summed E-state index contributed by atoms with van der Waals surface area (Å²) in [5.74, 6) is -0.0984. The first-order valence-corrected chi connectivity index (χ1v) is 5.97. The molecule has 1 rings (SSSR count). The fraction of sp³-hybridized carbons (Fsp3) is 0.364. The Hall–Kier alpha value is -0.540. The summed E-state index contributed by atoms with van der Waals surface area (Å²) >= 11 is 9.15. The summed E-state index contributed by atoms with van der Waals surface area (Å²) < 4.78 is 0.757. The predicted octanol–water partition coefficient (Wildman–Crippen LogP) is 3.63. The van der Waals surface area contributed by atoms with E-state index in [-0.39, 0.29) is 11.9 Å². The van der Waals surface area contributed by atoms with Gasteiger partial charge in [-0.05, 0) is 47.5 Å². The number of hydrogen-bond acceptors (Lipinski definition) is 1. The first-order valence-electron chi connectivity index (χ1n) is 4.80. The molecule has 15 heavy (non-hydrogen) atoms. The molecule has 82 valence electrons. The molecule has 2 nitrogen and oxygen atoms in total. The van der Waals surface area contributed by atoms with E-state index in [4.69, 9.17) is 11.6 Å². The van der Waals surface area contributed by atoms with Gasteiger partial charge in [-0.1, -0.05) is 18.5 Å². The van der Waals surface area contributed by atoms with Crippen molar-refractivity contribution in [2.45, 2.75) is 26.3 Å².